The number of hydrogen-bond donors (Lipinski definition) is 7. The molecule has 15 heteroatoms. The van der Waals surface area contributed by atoms with E-state index in [0.717, 1.165) is 18.4 Å². The third-order valence-corrected chi connectivity index (χ3v) is 6.64. The molecule has 0 bridgehead atoms. The highest BCUT2D eigenvalue weighted by Crippen LogP contribution is 2.29. The van der Waals surface area contributed by atoms with Crippen molar-refractivity contribution in [2.24, 2.45) is 11.7 Å². The molecule has 0 aliphatic heterocycles. The van der Waals surface area contributed by atoms with E-state index in [4.69, 9.17) is 10.5 Å². The number of rotatable bonds is 21. The predicted octanol–water partition coefficient (Wildman–Crippen LogP) is -2.28. The molecule has 1 fully saturated rings. The van der Waals surface area contributed by atoms with Gasteiger partial charge >= 0.3 is 0 Å². The molecule has 1 saturated carbocycles. The van der Waals surface area contributed by atoms with Crippen LogP contribution in [0.15, 0.2) is 30.3 Å². The highest BCUT2D eigenvalue weighted by molar-refractivity contribution is 5.92. The number of amides is 7. The van der Waals surface area contributed by atoms with Crippen molar-refractivity contribution in [1.29, 1.82) is 0 Å². The fraction of sp³-hybridized carbons (Fsp3) is 0.536. The SMILES string of the molecule is NC(=O)C1CC(OCNC(=O)CNC(=O)[C@H](Cc2ccccc2)NC(=O)CNC(=O)CNC(=O)CCCCCNC=O)C1. The zero-order valence-electron chi connectivity index (χ0n) is 24.0. The van der Waals surface area contributed by atoms with Crippen molar-refractivity contribution >= 4 is 41.9 Å². The Labute approximate surface area is 249 Å². The lowest BCUT2D eigenvalue weighted by atomic mass is 9.82. The topological polar surface area (TPSA) is 227 Å². The van der Waals surface area contributed by atoms with Gasteiger partial charge in [0.15, 0.2) is 0 Å². The van der Waals surface area contributed by atoms with Crippen LogP contribution in [0.25, 0.3) is 0 Å². The van der Waals surface area contributed by atoms with Gasteiger partial charge < -0.3 is 42.4 Å². The van der Waals surface area contributed by atoms with Crippen LogP contribution < -0.4 is 37.6 Å². The number of nitrogens with one attached hydrogen (secondary N) is 6. The average molecular weight is 604 g/mol. The largest absolute Gasteiger partial charge is 0.369 e. The maximum absolute atomic E-state index is 12.9. The van der Waals surface area contributed by atoms with Crippen molar-refractivity contribution in [1.82, 2.24) is 31.9 Å². The molecule has 1 aromatic rings. The lowest BCUT2D eigenvalue weighted by molar-refractivity contribution is -0.134. The summed E-state index contributed by atoms with van der Waals surface area (Å²) in [6.07, 6.45) is 3.92. The summed E-state index contributed by atoms with van der Waals surface area (Å²) in [6.45, 7) is -0.638. The van der Waals surface area contributed by atoms with Crippen LogP contribution >= 0.6 is 0 Å². The van der Waals surface area contributed by atoms with Gasteiger partial charge in [-0.3, -0.25) is 33.6 Å². The Morgan fingerprint density at radius 3 is 2.19 bits per heavy atom. The van der Waals surface area contributed by atoms with Crippen molar-refractivity contribution in [3.05, 3.63) is 35.9 Å². The number of nitrogens with two attached hydrogens (primary N) is 1. The molecule has 1 atom stereocenters. The highest BCUT2D eigenvalue weighted by Gasteiger charge is 2.33. The molecule has 0 saturated heterocycles. The maximum atomic E-state index is 12.9. The number of benzene rings is 1. The van der Waals surface area contributed by atoms with Crippen LogP contribution in [-0.2, 0) is 44.7 Å². The maximum Gasteiger partial charge on any atom is 0.243 e. The van der Waals surface area contributed by atoms with Crippen LogP contribution in [0.2, 0.25) is 0 Å². The van der Waals surface area contributed by atoms with Crippen molar-refractivity contribution in [3.8, 4) is 0 Å². The Bertz CT molecular complexity index is 1100. The first kappa shape index (κ1) is 34.7. The van der Waals surface area contributed by atoms with E-state index in [1.807, 2.05) is 6.07 Å². The first-order valence-electron chi connectivity index (χ1n) is 14.2. The molecular formula is C28H41N7O8. The minimum absolute atomic E-state index is 0.0879. The standard InChI is InChI=1S/C28H41N7O8/c29-27(41)20-12-21(13-20)43-18-34-25(39)15-33-28(42)22(11-19-7-3-1-4-8-19)35-26(40)16-32-24(38)14-31-23(37)9-5-2-6-10-30-17-36/h1,3-4,7-8,17,20-22H,2,5-6,9-16,18H2,(H2,29,41)(H,30,36)(H,31,37)(H,32,38)(H,33,42)(H,34,39)(H,35,40)/t20?,21?,22-/m0/s1. The van der Waals surface area contributed by atoms with Gasteiger partial charge in [-0.15, -0.1) is 0 Å². The van der Waals surface area contributed by atoms with Gasteiger partial charge in [-0.2, -0.15) is 0 Å². The van der Waals surface area contributed by atoms with Gasteiger partial charge in [0.25, 0.3) is 0 Å². The van der Waals surface area contributed by atoms with Gasteiger partial charge in [0, 0.05) is 25.3 Å². The zero-order valence-corrected chi connectivity index (χ0v) is 24.0. The summed E-state index contributed by atoms with van der Waals surface area (Å²) in [6, 6.07) is 7.92. The van der Waals surface area contributed by atoms with E-state index < -0.39 is 36.2 Å². The monoisotopic (exact) mass is 603 g/mol. The third kappa shape index (κ3) is 14.8. The second kappa shape index (κ2) is 19.6. The lowest BCUT2D eigenvalue weighted by Crippen LogP contribution is -2.52. The van der Waals surface area contributed by atoms with Crippen molar-refractivity contribution < 1.29 is 38.3 Å². The van der Waals surface area contributed by atoms with Crippen LogP contribution in [0, 0.1) is 5.92 Å². The molecule has 0 aromatic heterocycles. The van der Waals surface area contributed by atoms with Gasteiger partial charge in [-0.05, 0) is 31.2 Å². The van der Waals surface area contributed by atoms with Gasteiger partial charge in [-0.1, -0.05) is 36.8 Å². The Kier molecular flexibility index (Phi) is 15.8. The van der Waals surface area contributed by atoms with E-state index in [0.29, 0.717) is 32.2 Å². The Morgan fingerprint density at radius 1 is 0.837 bits per heavy atom. The number of primary amides is 1. The van der Waals surface area contributed by atoms with Crippen LogP contribution in [0.3, 0.4) is 0 Å². The second-order valence-corrected chi connectivity index (χ2v) is 10.1. The molecule has 0 spiro atoms. The van der Waals surface area contributed by atoms with E-state index in [-0.39, 0.29) is 56.5 Å². The van der Waals surface area contributed by atoms with Crippen molar-refractivity contribution in [3.63, 3.8) is 0 Å². The highest BCUT2D eigenvalue weighted by atomic mass is 16.5. The fourth-order valence-electron chi connectivity index (χ4n) is 4.09. The quantitative estimate of drug-likeness (QED) is 0.0459. The summed E-state index contributed by atoms with van der Waals surface area (Å²) in [5, 5.41) is 15.0. The van der Waals surface area contributed by atoms with E-state index in [9.17, 15) is 33.6 Å². The van der Waals surface area contributed by atoms with Gasteiger partial charge in [-0.25, -0.2) is 0 Å². The van der Waals surface area contributed by atoms with E-state index >= 15 is 0 Å². The van der Waals surface area contributed by atoms with E-state index in [1.165, 1.54) is 0 Å². The Balaban J connectivity index is 1.71. The van der Waals surface area contributed by atoms with Gasteiger partial charge in [0.2, 0.25) is 41.9 Å². The molecule has 1 aliphatic rings. The molecule has 8 N–H and O–H groups in total. The predicted molar refractivity (Wildman–Crippen MR) is 153 cm³/mol. The van der Waals surface area contributed by atoms with Crippen LogP contribution in [0.1, 0.15) is 44.1 Å². The molecule has 1 aromatic carbocycles. The fourth-order valence-corrected chi connectivity index (χ4v) is 4.09. The number of hydrogen-bond acceptors (Lipinski definition) is 8. The molecule has 43 heavy (non-hydrogen) atoms. The van der Waals surface area contributed by atoms with E-state index in [1.54, 1.807) is 24.3 Å². The summed E-state index contributed by atoms with van der Waals surface area (Å²) in [4.78, 5) is 82.8. The summed E-state index contributed by atoms with van der Waals surface area (Å²) in [5.74, 6) is -3.21. The van der Waals surface area contributed by atoms with Gasteiger partial charge in [0.05, 0.1) is 25.7 Å². The van der Waals surface area contributed by atoms with Gasteiger partial charge in [0.1, 0.15) is 12.8 Å². The minimum Gasteiger partial charge on any atom is -0.369 e. The molecule has 15 nitrogen and oxygen atoms in total. The average Bonchev–Trinajstić information content (AvgIpc) is 2.96. The molecular weight excluding hydrogens is 562 g/mol. The third-order valence-electron chi connectivity index (χ3n) is 6.64. The van der Waals surface area contributed by atoms with Crippen LogP contribution in [-0.4, -0.2) is 86.9 Å². The molecule has 0 radical (unpaired) electrons. The summed E-state index contributed by atoms with van der Waals surface area (Å²) in [5.41, 5.74) is 5.98. The molecule has 2 rings (SSSR count). The summed E-state index contributed by atoms with van der Waals surface area (Å²) >= 11 is 0. The van der Waals surface area contributed by atoms with Crippen molar-refractivity contribution in [2.45, 2.75) is 57.1 Å². The second-order valence-electron chi connectivity index (χ2n) is 10.1. The summed E-state index contributed by atoms with van der Waals surface area (Å²) < 4.78 is 5.45. The Morgan fingerprint density at radius 2 is 1.49 bits per heavy atom. The molecule has 0 unspecified atom stereocenters. The molecule has 236 valence electrons. The molecule has 1 aliphatic carbocycles. The molecule has 7 amide bonds. The first-order chi connectivity index (χ1) is 20.7. The lowest BCUT2D eigenvalue weighted by Gasteiger charge is -2.32. The Hall–Kier alpha value is -4.53. The number of carbonyl (C=O) groups is 7. The van der Waals surface area contributed by atoms with Crippen molar-refractivity contribution in [2.75, 3.05) is 32.9 Å². The number of carbonyl (C=O) groups excluding carboxylic acids is 7. The van der Waals surface area contributed by atoms with Crippen LogP contribution in [0.4, 0.5) is 0 Å². The smallest absolute Gasteiger partial charge is 0.243 e. The summed E-state index contributed by atoms with van der Waals surface area (Å²) in [7, 11) is 0. The first-order valence-corrected chi connectivity index (χ1v) is 14.2. The minimum atomic E-state index is -1.03. The number of unbranched alkanes of at least 4 members (excludes halogenated alkanes) is 2. The number of ether oxygens (including phenoxy) is 1. The molecule has 0 heterocycles. The normalized spacial score (nSPS) is 16.0. The zero-order chi connectivity index (χ0) is 31.5. The van der Waals surface area contributed by atoms with Crippen LogP contribution in [0.5, 0.6) is 0 Å². The van der Waals surface area contributed by atoms with E-state index in [2.05, 4.69) is 31.9 Å².